The van der Waals surface area contributed by atoms with E-state index in [9.17, 15) is 14.4 Å². The van der Waals surface area contributed by atoms with Gasteiger partial charge < -0.3 is 4.74 Å². The van der Waals surface area contributed by atoms with Gasteiger partial charge in [-0.15, -0.1) is 11.3 Å². The number of aryl methyl sites for hydroxylation is 1. The Bertz CT molecular complexity index is 971. The van der Waals surface area contributed by atoms with Gasteiger partial charge in [0.25, 0.3) is 0 Å². The quantitative estimate of drug-likeness (QED) is 0.572. The normalized spacial score (nSPS) is 22.4. The number of Topliss-reactive ketones (excluding diaryl/α,β-unsaturated/α-hetero) is 1. The molecule has 1 amide bonds. The molecule has 2 aromatic rings. The van der Waals surface area contributed by atoms with E-state index >= 15 is 0 Å². The first kappa shape index (κ1) is 22.6. The Kier molecular flexibility index (Phi) is 7.04. The number of anilines is 1. The zero-order valence-corrected chi connectivity index (χ0v) is 19.5. The summed E-state index contributed by atoms with van der Waals surface area (Å²) in [6, 6.07) is 10.0. The Morgan fingerprint density at radius 2 is 1.84 bits per heavy atom. The number of carbonyl (C=O) groups is 3. The minimum atomic E-state index is -0.458. The SMILES string of the molecule is CCOC(=O)c1nc(N(CCc2ccccc2)C(=O)C2CC3CCCC(C2)C3=O)sc1C. The number of aromatic nitrogens is 1. The number of rotatable bonds is 7. The molecule has 0 N–H and O–H groups in total. The van der Waals surface area contributed by atoms with Crippen LogP contribution in [0.3, 0.4) is 0 Å². The van der Waals surface area contributed by atoms with Crippen LogP contribution >= 0.6 is 11.3 Å². The highest BCUT2D eigenvalue weighted by Crippen LogP contribution is 2.41. The van der Waals surface area contributed by atoms with Crippen LogP contribution in [0.25, 0.3) is 0 Å². The van der Waals surface area contributed by atoms with Gasteiger partial charge >= 0.3 is 5.97 Å². The highest BCUT2D eigenvalue weighted by molar-refractivity contribution is 7.16. The number of ether oxygens (including phenoxy) is 1. The Morgan fingerprint density at radius 1 is 1.16 bits per heavy atom. The third-order valence-corrected chi connectivity index (χ3v) is 7.61. The van der Waals surface area contributed by atoms with E-state index in [2.05, 4.69) is 4.98 Å². The molecule has 4 rings (SSSR count). The number of amides is 1. The van der Waals surface area contributed by atoms with Crippen LogP contribution in [0.4, 0.5) is 5.13 Å². The van der Waals surface area contributed by atoms with Gasteiger partial charge in [-0.2, -0.15) is 0 Å². The largest absolute Gasteiger partial charge is 0.461 e. The molecule has 2 fully saturated rings. The number of carbonyl (C=O) groups excluding carboxylic acids is 3. The highest BCUT2D eigenvalue weighted by Gasteiger charge is 2.43. The van der Waals surface area contributed by atoms with E-state index in [1.165, 1.54) is 11.3 Å². The van der Waals surface area contributed by atoms with Crippen molar-refractivity contribution >= 4 is 34.1 Å². The predicted octanol–water partition coefficient (Wildman–Crippen LogP) is 4.60. The summed E-state index contributed by atoms with van der Waals surface area (Å²) in [4.78, 5) is 45.6. The number of benzene rings is 1. The smallest absolute Gasteiger partial charge is 0.358 e. The van der Waals surface area contributed by atoms with Crippen LogP contribution in [-0.4, -0.2) is 35.8 Å². The molecular weight excluding hydrogens is 424 g/mol. The minimum absolute atomic E-state index is 0.0144. The van der Waals surface area contributed by atoms with Crippen molar-refractivity contribution in [3.05, 3.63) is 46.5 Å². The summed E-state index contributed by atoms with van der Waals surface area (Å²) in [5.74, 6) is -0.226. The van der Waals surface area contributed by atoms with Crippen molar-refractivity contribution in [2.24, 2.45) is 17.8 Å². The molecule has 2 saturated carbocycles. The molecule has 1 aromatic heterocycles. The lowest BCUT2D eigenvalue weighted by molar-refractivity contribution is -0.136. The molecule has 0 spiro atoms. The monoisotopic (exact) mass is 454 g/mol. The first-order chi connectivity index (χ1) is 15.5. The molecular formula is C25H30N2O4S. The van der Waals surface area contributed by atoms with Crippen LogP contribution < -0.4 is 4.90 Å². The molecule has 6 nitrogen and oxygen atoms in total. The van der Waals surface area contributed by atoms with Gasteiger partial charge in [0.05, 0.1) is 6.61 Å². The number of esters is 1. The van der Waals surface area contributed by atoms with Gasteiger partial charge in [-0.25, -0.2) is 9.78 Å². The van der Waals surface area contributed by atoms with Gasteiger partial charge in [0.15, 0.2) is 10.8 Å². The fourth-order valence-corrected chi connectivity index (χ4v) is 5.90. The lowest BCUT2D eigenvalue weighted by Crippen LogP contribution is -2.45. The third-order valence-electron chi connectivity index (χ3n) is 6.62. The summed E-state index contributed by atoms with van der Waals surface area (Å²) in [5.41, 5.74) is 1.42. The third kappa shape index (κ3) is 4.77. The van der Waals surface area contributed by atoms with Gasteiger partial charge in [0.2, 0.25) is 5.91 Å². The number of hydrogen-bond acceptors (Lipinski definition) is 6. The fourth-order valence-electron chi connectivity index (χ4n) is 4.97. The van der Waals surface area contributed by atoms with Crippen LogP contribution in [0.15, 0.2) is 30.3 Å². The minimum Gasteiger partial charge on any atom is -0.461 e. The Labute approximate surface area is 193 Å². The molecule has 7 heteroatoms. The average Bonchev–Trinajstić information content (AvgIpc) is 3.16. The molecule has 0 radical (unpaired) electrons. The first-order valence-corrected chi connectivity index (χ1v) is 12.3. The standard InChI is InChI=1S/C25H30N2O4S/c1-3-31-24(30)21-16(2)32-25(26-21)27(13-12-17-8-5-4-6-9-17)23(29)20-14-18-10-7-11-19(15-20)22(18)28/h4-6,8-9,18-20H,3,7,10-15H2,1-2H3. The van der Waals surface area contributed by atoms with Gasteiger partial charge in [-0.05, 0) is 51.5 Å². The van der Waals surface area contributed by atoms with E-state index in [4.69, 9.17) is 4.74 Å². The lowest BCUT2D eigenvalue weighted by atomic mass is 9.67. The first-order valence-electron chi connectivity index (χ1n) is 11.5. The molecule has 0 saturated heterocycles. The van der Waals surface area contributed by atoms with Crippen molar-refractivity contribution in [3.63, 3.8) is 0 Å². The number of fused-ring (bicyclic) bond motifs is 2. The van der Waals surface area contributed by atoms with Gasteiger partial charge in [-0.3, -0.25) is 14.5 Å². The van der Waals surface area contributed by atoms with Crippen LogP contribution in [0.1, 0.15) is 60.0 Å². The van der Waals surface area contributed by atoms with Crippen LogP contribution in [-0.2, 0) is 20.7 Å². The zero-order valence-electron chi connectivity index (χ0n) is 18.7. The predicted molar refractivity (Wildman–Crippen MR) is 124 cm³/mol. The van der Waals surface area contributed by atoms with E-state index in [-0.39, 0.29) is 36.0 Å². The van der Waals surface area contributed by atoms with E-state index < -0.39 is 5.97 Å². The molecule has 0 aliphatic heterocycles. The van der Waals surface area contributed by atoms with Crippen molar-refractivity contribution in [2.45, 2.75) is 52.4 Å². The molecule has 2 aliphatic carbocycles. The summed E-state index contributed by atoms with van der Waals surface area (Å²) in [5, 5.41) is 0.536. The fraction of sp³-hybridized carbons (Fsp3) is 0.520. The second-order valence-electron chi connectivity index (χ2n) is 8.74. The maximum Gasteiger partial charge on any atom is 0.358 e. The van der Waals surface area contributed by atoms with Crippen LogP contribution in [0.5, 0.6) is 0 Å². The van der Waals surface area contributed by atoms with Crippen molar-refractivity contribution in [3.8, 4) is 0 Å². The van der Waals surface area contributed by atoms with Crippen LogP contribution in [0.2, 0.25) is 0 Å². The highest BCUT2D eigenvalue weighted by atomic mass is 32.1. The van der Waals surface area contributed by atoms with E-state index in [0.29, 0.717) is 36.7 Å². The summed E-state index contributed by atoms with van der Waals surface area (Å²) in [7, 11) is 0. The summed E-state index contributed by atoms with van der Waals surface area (Å²) < 4.78 is 5.13. The number of nitrogens with zero attached hydrogens (tertiary/aromatic N) is 2. The molecule has 2 atom stereocenters. The van der Waals surface area contributed by atoms with Crippen molar-refractivity contribution in [2.75, 3.05) is 18.1 Å². The summed E-state index contributed by atoms with van der Waals surface area (Å²) >= 11 is 1.35. The molecule has 2 aliphatic rings. The number of thiazole rings is 1. The molecule has 1 heterocycles. The second kappa shape index (κ2) is 9.94. The van der Waals surface area contributed by atoms with E-state index in [1.54, 1.807) is 11.8 Å². The average molecular weight is 455 g/mol. The molecule has 2 bridgehead atoms. The molecule has 32 heavy (non-hydrogen) atoms. The Hall–Kier alpha value is -2.54. The maximum absolute atomic E-state index is 13.7. The summed E-state index contributed by atoms with van der Waals surface area (Å²) in [6.07, 6.45) is 4.82. The molecule has 1 aromatic carbocycles. The van der Waals surface area contributed by atoms with Crippen molar-refractivity contribution in [1.29, 1.82) is 0 Å². The zero-order chi connectivity index (χ0) is 22.7. The topological polar surface area (TPSA) is 76.6 Å². The van der Waals surface area contributed by atoms with E-state index in [1.807, 2.05) is 37.3 Å². The Balaban J connectivity index is 1.59. The van der Waals surface area contributed by atoms with Gasteiger partial charge in [0.1, 0.15) is 5.78 Å². The molecule has 2 unspecified atom stereocenters. The lowest BCUT2D eigenvalue weighted by Gasteiger charge is -2.38. The van der Waals surface area contributed by atoms with Crippen molar-refractivity contribution < 1.29 is 19.1 Å². The van der Waals surface area contributed by atoms with Gasteiger partial charge in [0, 0.05) is 29.2 Å². The second-order valence-corrected chi connectivity index (χ2v) is 9.92. The van der Waals surface area contributed by atoms with Crippen molar-refractivity contribution in [1.82, 2.24) is 4.98 Å². The Morgan fingerprint density at radius 3 is 2.50 bits per heavy atom. The van der Waals surface area contributed by atoms with E-state index in [0.717, 1.165) is 29.7 Å². The number of hydrogen-bond donors (Lipinski definition) is 0. The number of ketones is 1. The van der Waals surface area contributed by atoms with Gasteiger partial charge in [-0.1, -0.05) is 36.8 Å². The summed E-state index contributed by atoms with van der Waals surface area (Å²) in [6.45, 7) is 4.35. The maximum atomic E-state index is 13.7. The molecule has 170 valence electrons. The van der Waals surface area contributed by atoms with Crippen LogP contribution in [0, 0.1) is 24.7 Å².